The SMILES string of the molecule is Cc1cc(-c2ccccc2)c(-n2c(-c3[c-]oc4ccc(-c5ccc6sc7ccccc7c6c5)cc34)nc3ccccc32)c(-c2ccccc2)c1.[Ir].[c-]1ccccc1-c1ccccn1. The molecular weight excluding hydrogens is 967 g/mol. The number of aryl methyl sites for hydroxylation is 1. The minimum atomic E-state index is 0. The van der Waals surface area contributed by atoms with E-state index in [-0.39, 0.29) is 20.1 Å². The monoisotopic (exact) mass is 1000 g/mol. The van der Waals surface area contributed by atoms with Crippen molar-refractivity contribution in [2.45, 2.75) is 6.92 Å². The summed E-state index contributed by atoms with van der Waals surface area (Å²) in [4.78, 5) is 9.54. The molecule has 0 saturated carbocycles. The van der Waals surface area contributed by atoms with Gasteiger partial charge in [-0.25, -0.2) is 0 Å². The van der Waals surface area contributed by atoms with E-state index in [1.165, 1.54) is 31.3 Å². The number of hydrogen-bond acceptors (Lipinski definition) is 4. The number of imidazole rings is 1. The third-order valence-electron chi connectivity index (χ3n) is 11.3. The van der Waals surface area contributed by atoms with Gasteiger partial charge in [-0.05, 0) is 89.0 Å². The van der Waals surface area contributed by atoms with E-state index in [1.54, 1.807) is 6.20 Å². The zero-order valence-electron chi connectivity index (χ0n) is 34.1. The molecule has 0 unspecified atom stereocenters. The van der Waals surface area contributed by atoms with E-state index in [4.69, 9.17) is 9.40 Å². The Hall–Kier alpha value is -7.21. The van der Waals surface area contributed by atoms with Crippen LogP contribution in [0.4, 0.5) is 0 Å². The van der Waals surface area contributed by atoms with Gasteiger partial charge in [0, 0.05) is 69.4 Å². The smallest absolute Gasteiger partial charge is 0.0774 e. The summed E-state index contributed by atoms with van der Waals surface area (Å²) in [5.74, 6) is 0.791. The maximum absolute atomic E-state index is 6.17. The van der Waals surface area contributed by atoms with Crippen molar-refractivity contribution in [3.63, 3.8) is 0 Å². The summed E-state index contributed by atoms with van der Waals surface area (Å²) < 4.78 is 11.1. The zero-order valence-corrected chi connectivity index (χ0v) is 37.3. The summed E-state index contributed by atoms with van der Waals surface area (Å²) in [6, 6.07) is 72.9. The van der Waals surface area contributed by atoms with E-state index in [0.717, 1.165) is 78.2 Å². The second kappa shape index (κ2) is 17.3. The van der Waals surface area contributed by atoms with Gasteiger partial charge in [0.25, 0.3) is 0 Å². The van der Waals surface area contributed by atoms with E-state index in [2.05, 4.69) is 180 Å². The summed E-state index contributed by atoms with van der Waals surface area (Å²) in [6.07, 6.45) is 5.09. The predicted octanol–water partition coefficient (Wildman–Crippen LogP) is 15.5. The van der Waals surface area contributed by atoms with Gasteiger partial charge in [-0.2, -0.15) is 0 Å². The first-order valence-corrected chi connectivity index (χ1v) is 21.5. The Morgan fingerprint density at radius 1 is 0.556 bits per heavy atom. The van der Waals surface area contributed by atoms with Crippen molar-refractivity contribution in [2.24, 2.45) is 0 Å². The number of aromatic nitrogens is 3. The third-order valence-corrected chi connectivity index (χ3v) is 12.5. The fourth-order valence-electron chi connectivity index (χ4n) is 8.42. The number of rotatable bonds is 6. The summed E-state index contributed by atoms with van der Waals surface area (Å²) in [6.45, 7) is 2.17. The van der Waals surface area contributed by atoms with Crippen LogP contribution in [0, 0.1) is 19.3 Å². The van der Waals surface area contributed by atoms with Gasteiger partial charge in [0.1, 0.15) is 0 Å². The van der Waals surface area contributed by atoms with Gasteiger partial charge in [-0.15, -0.1) is 47.2 Å². The summed E-state index contributed by atoms with van der Waals surface area (Å²) in [5, 5.41) is 3.55. The number of benzene rings is 8. The Labute approximate surface area is 383 Å². The molecule has 0 aliphatic heterocycles. The fourth-order valence-corrected chi connectivity index (χ4v) is 9.50. The molecule has 8 aromatic carbocycles. The minimum absolute atomic E-state index is 0. The van der Waals surface area contributed by atoms with E-state index >= 15 is 0 Å². The van der Waals surface area contributed by atoms with Crippen molar-refractivity contribution in [2.75, 3.05) is 0 Å². The van der Waals surface area contributed by atoms with Crippen molar-refractivity contribution in [3.8, 4) is 61.7 Å². The van der Waals surface area contributed by atoms with Crippen molar-refractivity contribution in [1.29, 1.82) is 0 Å². The van der Waals surface area contributed by atoms with Crippen LogP contribution in [0.25, 0.3) is 104 Å². The molecule has 4 heterocycles. The first kappa shape index (κ1) is 39.9. The topological polar surface area (TPSA) is 43.9 Å². The van der Waals surface area contributed by atoms with Crippen molar-refractivity contribution in [3.05, 3.63) is 224 Å². The molecule has 0 bridgehead atoms. The van der Waals surface area contributed by atoms with Crippen LogP contribution in [-0.2, 0) is 20.1 Å². The molecule has 63 heavy (non-hydrogen) atoms. The van der Waals surface area contributed by atoms with Gasteiger partial charge in [0.15, 0.2) is 0 Å². The molecule has 303 valence electrons. The number of para-hydroxylation sites is 2. The van der Waals surface area contributed by atoms with Gasteiger partial charge >= 0.3 is 0 Å². The molecule has 0 aliphatic carbocycles. The molecule has 4 aromatic heterocycles. The number of fused-ring (bicyclic) bond motifs is 5. The molecule has 0 amide bonds. The standard InChI is InChI=1S/C46H29N2OS.C11H8N.Ir/c1-29-24-35(30-12-4-2-5-13-30)45(36(25-29)31-14-6-3-7-15-31)48-41-18-10-9-17-40(41)47-46(48)39-28-49-42-22-20-32(26-37(39)42)33-21-23-44-38(27-33)34-16-8-11-19-43(34)50-44;1-2-6-10(7-3-1)11-8-4-5-9-12-11;/h2-27H,1H3;1-6,8-9H;/q2*-1;. The van der Waals surface area contributed by atoms with Crippen molar-refractivity contribution >= 4 is 53.5 Å². The Morgan fingerprint density at radius 2 is 1.21 bits per heavy atom. The van der Waals surface area contributed by atoms with Crippen LogP contribution < -0.4 is 0 Å². The van der Waals surface area contributed by atoms with Crippen LogP contribution in [0.5, 0.6) is 0 Å². The third kappa shape index (κ3) is 7.59. The molecule has 0 atom stereocenters. The maximum atomic E-state index is 6.17. The van der Waals surface area contributed by atoms with Crippen molar-refractivity contribution < 1.29 is 24.5 Å². The van der Waals surface area contributed by atoms with Gasteiger partial charge < -0.3 is 14.0 Å². The van der Waals surface area contributed by atoms with E-state index in [9.17, 15) is 0 Å². The number of pyridine rings is 1. The van der Waals surface area contributed by atoms with E-state index in [0.29, 0.717) is 0 Å². The molecule has 1 radical (unpaired) electrons. The molecule has 0 fully saturated rings. The van der Waals surface area contributed by atoms with E-state index < -0.39 is 0 Å². The normalized spacial score (nSPS) is 11.1. The largest absolute Gasteiger partial charge is 0.557 e. The quantitative estimate of drug-likeness (QED) is 0.156. The van der Waals surface area contributed by atoms with Crippen LogP contribution in [0.3, 0.4) is 0 Å². The Morgan fingerprint density at radius 3 is 1.94 bits per heavy atom. The van der Waals surface area contributed by atoms with Gasteiger partial charge in [0.2, 0.25) is 0 Å². The van der Waals surface area contributed by atoms with Crippen LogP contribution >= 0.6 is 11.3 Å². The molecule has 12 rings (SSSR count). The van der Waals surface area contributed by atoms with Crippen molar-refractivity contribution in [1.82, 2.24) is 14.5 Å². The second-order valence-corrected chi connectivity index (χ2v) is 16.4. The maximum Gasteiger partial charge on any atom is 0.0774 e. The summed E-state index contributed by atoms with van der Waals surface area (Å²) >= 11 is 1.84. The number of furan rings is 1. The molecule has 0 aliphatic rings. The molecular formula is C57H37IrN3OS-2. The predicted molar refractivity (Wildman–Crippen MR) is 258 cm³/mol. The Bertz CT molecular complexity index is 3430. The molecule has 4 nitrogen and oxygen atoms in total. The molecule has 12 aromatic rings. The fraction of sp³-hybridized carbons (Fsp3) is 0.0175. The first-order chi connectivity index (χ1) is 30.7. The average Bonchev–Trinajstić information content (AvgIpc) is 4.05. The Balaban J connectivity index is 0.000000314. The van der Waals surface area contributed by atoms with Crippen LogP contribution in [0.2, 0.25) is 0 Å². The second-order valence-electron chi connectivity index (χ2n) is 15.3. The van der Waals surface area contributed by atoms with Gasteiger partial charge in [-0.1, -0.05) is 138 Å². The average molecular weight is 1000 g/mol. The molecule has 0 N–H and O–H groups in total. The Kier molecular flexibility index (Phi) is 10.9. The van der Waals surface area contributed by atoms with Crippen LogP contribution in [-0.4, -0.2) is 14.5 Å². The van der Waals surface area contributed by atoms with Crippen LogP contribution in [0.15, 0.2) is 211 Å². The first-order valence-electron chi connectivity index (χ1n) is 20.6. The van der Waals surface area contributed by atoms with Gasteiger partial charge in [0.05, 0.1) is 22.5 Å². The minimum Gasteiger partial charge on any atom is -0.557 e. The van der Waals surface area contributed by atoms with Gasteiger partial charge in [-0.3, -0.25) is 4.98 Å². The molecule has 0 saturated heterocycles. The zero-order chi connectivity index (χ0) is 41.4. The van der Waals surface area contributed by atoms with E-state index in [1.807, 2.05) is 59.9 Å². The number of hydrogen-bond donors (Lipinski definition) is 0. The number of nitrogens with zero attached hydrogens (tertiary/aromatic N) is 3. The molecule has 6 heteroatoms. The summed E-state index contributed by atoms with van der Waals surface area (Å²) in [7, 11) is 0. The number of thiophene rings is 1. The van der Waals surface area contributed by atoms with Crippen LogP contribution in [0.1, 0.15) is 5.56 Å². The summed E-state index contributed by atoms with van der Waals surface area (Å²) in [5.41, 5.74) is 14.7. The molecule has 0 spiro atoms.